The Balaban J connectivity index is 4.72. The van der Waals surface area contributed by atoms with Crippen LogP contribution in [0.5, 0.6) is 0 Å². The van der Waals surface area contributed by atoms with E-state index < -0.39 is 0 Å². The number of hydrogen-bond donors (Lipinski definition) is 0. The van der Waals surface area contributed by atoms with E-state index in [2.05, 4.69) is 6.58 Å². The Kier molecular flexibility index (Phi) is 5.12. The fourth-order valence-electron chi connectivity index (χ4n) is 1.09. The van der Waals surface area contributed by atoms with Crippen LogP contribution in [-0.2, 0) is 9.53 Å². The van der Waals surface area contributed by atoms with Crippen LogP contribution in [0, 0.1) is 11.8 Å². The summed E-state index contributed by atoms with van der Waals surface area (Å²) < 4.78 is 5.14. The van der Waals surface area contributed by atoms with E-state index in [0.717, 1.165) is 11.9 Å². The van der Waals surface area contributed by atoms with Crippen molar-refractivity contribution in [3.8, 4) is 0 Å². The van der Waals surface area contributed by atoms with Crippen molar-refractivity contribution in [1.82, 2.24) is 0 Å². The van der Waals surface area contributed by atoms with Crippen LogP contribution in [0.15, 0.2) is 24.0 Å². The SMILES string of the molecule is C=C(C)/C=C(\OC)C(C=O)C(C)C. The van der Waals surface area contributed by atoms with Crippen LogP contribution in [0.2, 0.25) is 0 Å². The topological polar surface area (TPSA) is 26.3 Å². The summed E-state index contributed by atoms with van der Waals surface area (Å²) in [6.45, 7) is 9.60. The van der Waals surface area contributed by atoms with Gasteiger partial charge in [-0.05, 0) is 18.9 Å². The van der Waals surface area contributed by atoms with Crippen molar-refractivity contribution in [3.63, 3.8) is 0 Å². The molecule has 0 aromatic carbocycles. The van der Waals surface area contributed by atoms with E-state index in [1.807, 2.05) is 20.8 Å². The summed E-state index contributed by atoms with van der Waals surface area (Å²) in [5.41, 5.74) is 0.893. The van der Waals surface area contributed by atoms with Crippen molar-refractivity contribution in [2.24, 2.45) is 11.8 Å². The molecule has 0 heterocycles. The number of methoxy groups -OCH3 is 1. The second kappa shape index (κ2) is 5.57. The van der Waals surface area contributed by atoms with Gasteiger partial charge in [0.15, 0.2) is 0 Å². The molecule has 0 rings (SSSR count). The van der Waals surface area contributed by atoms with Gasteiger partial charge >= 0.3 is 0 Å². The number of aldehydes is 1. The molecule has 0 aromatic rings. The maximum absolute atomic E-state index is 10.8. The van der Waals surface area contributed by atoms with E-state index in [1.165, 1.54) is 0 Å². The molecule has 0 aliphatic rings. The minimum atomic E-state index is -0.165. The number of hydrogen-bond acceptors (Lipinski definition) is 2. The molecule has 13 heavy (non-hydrogen) atoms. The van der Waals surface area contributed by atoms with Crippen LogP contribution in [0.1, 0.15) is 20.8 Å². The Bertz CT molecular complexity index is 214. The van der Waals surface area contributed by atoms with Crippen molar-refractivity contribution in [1.29, 1.82) is 0 Å². The quantitative estimate of drug-likeness (QED) is 0.371. The van der Waals surface area contributed by atoms with Gasteiger partial charge in [0.1, 0.15) is 12.0 Å². The summed E-state index contributed by atoms with van der Waals surface area (Å²) in [4.78, 5) is 10.8. The lowest BCUT2D eigenvalue weighted by Crippen LogP contribution is -2.14. The Morgan fingerprint density at radius 2 is 2.00 bits per heavy atom. The second-order valence-corrected chi connectivity index (χ2v) is 3.50. The van der Waals surface area contributed by atoms with Crippen LogP contribution in [0.4, 0.5) is 0 Å². The predicted octanol–water partition coefficient (Wildman–Crippen LogP) is 2.56. The lowest BCUT2D eigenvalue weighted by Gasteiger charge is -2.17. The van der Waals surface area contributed by atoms with E-state index in [0.29, 0.717) is 5.76 Å². The zero-order valence-corrected chi connectivity index (χ0v) is 8.83. The molecular formula is C11H18O2. The first-order valence-electron chi connectivity index (χ1n) is 4.39. The Hall–Kier alpha value is -1.05. The maximum Gasteiger partial charge on any atom is 0.130 e. The van der Waals surface area contributed by atoms with Crippen LogP contribution in [0.3, 0.4) is 0 Å². The van der Waals surface area contributed by atoms with E-state index in [-0.39, 0.29) is 11.8 Å². The molecule has 0 fully saturated rings. The average Bonchev–Trinajstić information content (AvgIpc) is 2.02. The van der Waals surface area contributed by atoms with Gasteiger partial charge < -0.3 is 9.53 Å². The number of ether oxygens (including phenoxy) is 1. The molecule has 0 amide bonds. The van der Waals surface area contributed by atoms with E-state index >= 15 is 0 Å². The van der Waals surface area contributed by atoms with Crippen molar-refractivity contribution in [2.75, 3.05) is 7.11 Å². The fourth-order valence-corrected chi connectivity index (χ4v) is 1.09. The van der Waals surface area contributed by atoms with Crippen LogP contribution in [-0.4, -0.2) is 13.4 Å². The molecule has 0 spiro atoms. The molecule has 0 saturated carbocycles. The molecular weight excluding hydrogens is 164 g/mol. The highest BCUT2D eigenvalue weighted by Gasteiger charge is 2.17. The Morgan fingerprint density at radius 3 is 2.23 bits per heavy atom. The Morgan fingerprint density at radius 1 is 1.46 bits per heavy atom. The minimum Gasteiger partial charge on any atom is -0.500 e. The van der Waals surface area contributed by atoms with Crippen molar-refractivity contribution >= 4 is 6.29 Å². The van der Waals surface area contributed by atoms with Gasteiger partial charge in [0.05, 0.1) is 13.0 Å². The smallest absolute Gasteiger partial charge is 0.130 e. The van der Waals surface area contributed by atoms with Gasteiger partial charge in [0.2, 0.25) is 0 Å². The third-order valence-corrected chi connectivity index (χ3v) is 1.82. The number of rotatable bonds is 5. The fraction of sp³-hybridized carbons (Fsp3) is 0.545. The molecule has 0 N–H and O–H groups in total. The summed E-state index contributed by atoms with van der Waals surface area (Å²) in [5, 5.41) is 0. The van der Waals surface area contributed by atoms with Crippen molar-refractivity contribution in [3.05, 3.63) is 24.0 Å². The zero-order valence-electron chi connectivity index (χ0n) is 8.83. The lowest BCUT2D eigenvalue weighted by atomic mass is 9.94. The second-order valence-electron chi connectivity index (χ2n) is 3.50. The highest BCUT2D eigenvalue weighted by Crippen LogP contribution is 2.19. The van der Waals surface area contributed by atoms with Gasteiger partial charge in [-0.2, -0.15) is 0 Å². The monoisotopic (exact) mass is 182 g/mol. The lowest BCUT2D eigenvalue weighted by molar-refractivity contribution is -0.112. The largest absolute Gasteiger partial charge is 0.500 e. The van der Waals surface area contributed by atoms with E-state index in [4.69, 9.17) is 4.74 Å². The molecule has 1 atom stereocenters. The van der Waals surface area contributed by atoms with Crippen LogP contribution in [0.25, 0.3) is 0 Å². The van der Waals surface area contributed by atoms with Gasteiger partial charge in [0.25, 0.3) is 0 Å². The first-order chi connectivity index (χ1) is 6.02. The first-order valence-corrected chi connectivity index (χ1v) is 4.39. The molecule has 2 nitrogen and oxygen atoms in total. The summed E-state index contributed by atoms with van der Waals surface area (Å²) in [7, 11) is 1.58. The summed E-state index contributed by atoms with van der Waals surface area (Å²) in [6, 6.07) is 0. The summed E-state index contributed by atoms with van der Waals surface area (Å²) in [6.07, 6.45) is 2.72. The highest BCUT2D eigenvalue weighted by molar-refractivity contribution is 5.58. The molecule has 0 radical (unpaired) electrons. The number of carbonyl (C=O) groups excluding carboxylic acids is 1. The van der Waals surface area contributed by atoms with Crippen molar-refractivity contribution in [2.45, 2.75) is 20.8 Å². The summed E-state index contributed by atoms with van der Waals surface area (Å²) in [5.74, 6) is 0.780. The maximum atomic E-state index is 10.8. The van der Waals surface area contributed by atoms with Crippen LogP contribution < -0.4 is 0 Å². The molecule has 0 aromatic heterocycles. The Labute approximate surface area is 80.3 Å². The molecule has 74 valence electrons. The average molecular weight is 182 g/mol. The van der Waals surface area contributed by atoms with Gasteiger partial charge in [-0.3, -0.25) is 0 Å². The van der Waals surface area contributed by atoms with Crippen LogP contribution >= 0.6 is 0 Å². The van der Waals surface area contributed by atoms with Gasteiger partial charge in [-0.15, -0.1) is 0 Å². The normalized spacial score (nSPS) is 14.1. The highest BCUT2D eigenvalue weighted by atomic mass is 16.5. The molecule has 0 bridgehead atoms. The third-order valence-electron chi connectivity index (χ3n) is 1.82. The van der Waals surface area contributed by atoms with Gasteiger partial charge in [-0.1, -0.05) is 26.0 Å². The molecule has 0 saturated heterocycles. The zero-order chi connectivity index (χ0) is 10.4. The number of allylic oxidation sites excluding steroid dienone is 3. The number of carbonyl (C=O) groups is 1. The first kappa shape index (κ1) is 11.9. The molecule has 0 aliphatic heterocycles. The molecule has 0 aliphatic carbocycles. The van der Waals surface area contributed by atoms with Crippen molar-refractivity contribution < 1.29 is 9.53 Å². The van der Waals surface area contributed by atoms with E-state index in [9.17, 15) is 4.79 Å². The summed E-state index contributed by atoms with van der Waals surface area (Å²) >= 11 is 0. The van der Waals surface area contributed by atoms with E-state index in [1.54, 1.807) is 13.2 Å². The minimum absolute atomic E-state index is 0.165. The standard InChI is InChI=1S/C11H18O2/c1-8(2)6-11(13-5)10(7-12)9(3)4/h6-7,9-10H,1H2,2-5H3/b11-6-. The van der Waals surface area contributed by atoms with Gasteiger partial charge in [-0.25, -0.2) is 0 Å². The predicted molar refractivity (Wildman–Crippen MR) is 54.3 cm³/mol. The molecule has 1 unspecified atom stereocenters. The molecule has 2 heteroatoms. The van der Waals surface area contributed by atoms with Gasteiger partial charge in [0, 0.05) is 0 Å². The third kappa shape index (κ3) is 3.92.